The van der Waals surface area contributed by atoms with E-state index in [4.69, 9.17) is 10.5 Å². The molecule has 2 fully saturated rings. The average molecular weight is 500 g/mol. The van der Waals surface area contributed by atoms with Gasteiger partial charge in [-0.1, -0.05) is 42.5 Å². The van der Waals surface area contributed by atoms with E-state index in [1.807, 2.05) is 24.3 Å². The predicted molar refractivity (Wildman–Crippen MR) is 148 cm³/mol. The van der Waals surface area contributed by atoms with Gasteiger partial charge in [0.25, 0.3) is 5.91 Å². The molecular formula is C30H37N5O2. The molecule has 7 nitrogen and oxygen atoms in total. The van der Waals surface area contributed by atoms with E-state index in [2.05, 4.69) is 63.5 Å². The van der Waals surface area contributed by atoms with E-state index in [0.717, 1.165) is 56.7 Å². The van der Waals surface area contributed by atoms with Gasteiger partial charge in [-0.15, -0.1) is 0 Å². The van der Waals surface area contributed by atoms with Crippen LogP contribution < -0.4 is 16.0 Å². The van der Waals surface area contributed by atoms with Crippen LogP contribution in [0.3, 0.4) is 0 Å². The molecular weight excluding hydrogens is 462 g/mol. The SMILES string of the molecule is CN1CCN(c2ccc(Cc3ccc(C(=O)N[C@H]4CCC[C@@H]4OCc4ccccc4)c(N)n3)cc2)CC1. The Balaban J connectivity index is 1.16. The number of nitrogens with two attached hydrogens (primary N) is 1. The van der Waals surface area contributed by atoms with Crippen LogP contribution in [-0.4, -0.2) is 61.2 Å². The Morgan fingerprint density at radius 2 is 1.73 bits per heavy atom. The lowest BCUT2D eigenvalue weighted by molar-refractivity contribution is 0.0272. The summed E-state index contributed by atoms with van der Waals surface area (Å²) in [7, 11) is 2.17. The number of carbonyl (C=O) groups excluding carboxylic acids is 1. The number of carbonyl (C=O) groups is 1. The topological polar surface area (TPSA) is 83.7 Å². The third-order valence-corrected chi connectivity index (χ3v) is 7.49. The number of aromatic nitrogens is 1. The molecule has 0 unspecified atom stereocenters. The highest BCUT2D eigenvalue weighted by molar-refractivity contribution is 5.98. The number of nitrogens with one attached hydrogen (secondary N) is 1. The number of ether oxygens (including phenoxy) is 1. The van der Waals surface area contributed by atoms with Gasteiger partial charge in [-0.3, -0.25) is 4.79 Å². The fourth-order valence-corrected chi connectivity index (χ4v) is 5.22. The number of rotatable bonds is 8. The molecule has 0 bridgehead atoms. The minimum Gasteiger partial charge on any atom is -0.383 e. The van der Waals surface area contributed by atoms with Gasteiger partial charge in [-0.25, -0.2) is 4.98 Å². The minimum atomic E-state index is -0.187. The molecule has 1 saturated heterocycles. The number of anilines is 2. The number of hydrogen-bond donors (Lipinski definition) is 2. The quantitative estimate of drug-likeness (QED) is 0.490. The molecule has 1 aliphatic heterocycles. The molecule has 2 aromatic carbocycles. The molecule has 0 spiro atoms. The smallest absolute Gasteiger partial charge is 0.255 e. The molecule has 194 valence electrons. The molecule has 1 aromatic heterocycles. The zero-order chi connectivity index (χ0) is 25.6. The van der Waals surface area contributed by atoms with Crippen LogP contribution in [0.5, 0.6) is 0 Å². The molecule has 7 heteroatoms. The van der Waals surface area contributed by atoms with Crippen molar-refractivity contribution in [2.24, 2.45) is 0 Å². The van der Waals surface area contributed by atoms with Gasteiger partial charge < -0.3 is 25.6 Å². The molecule has 37 heavy (non-hydrogen) atoms. The summed E-state index contributed by atoms with van der Waals surface area (Å²) in [6.45, 7) is 4.84. The highest BCUT2D eigenvalue weighted by Crippen LogP contribution is 2.25. The normalized spacial score (nSPS) is 20.2. The summed E-state index contributed by atoms with van der Waals surface area (Å²) in [4.78, 5) is 22.4. The van der Waals surface area contributed by atoms with Crippen LogP contribution in [0.1, 0.15) is 46.4 Å². The van der Waals surface area contributed by atoms with E-state index in [-0.39, 0.29) is 23.9 Å². The Morgan fingerprint density at radius 3 is 2.46 bits per heavy atom. The fraction of sp³-hybridized carbons (Fsp3) is 0.400. The first-order valence-electron chi connectivity index (χ1n) is 13.3. The lowest BCUT2D eigenvalue weighted by Crippen LogP contribution is -2.44. The molecule has 1 amide bonds. The lowest BCUT2D eigenvalue weighted by Gasteiger charge is -2.34. The van der Waals surface area contributed by atoms with E-state index in [0.29, 0.717) is 18.6 Å². The Bertz CT molecular complexity index is 1180. The van der Waals surface area contributed by atoms with Gasteiger partial charge in [0.15, 0.2) is 0 Å². The van der Waals surface area contributed by atoms with Crippen LogP contribution in [-0.2, 0) is 17.8 Å². The van der Waals surface area contributed by atoms with Crippen molar-refractivity contribution in [2.75, 3.05) is 43.9 Å². The van der Waals surface area contributed by atoms with Crippen LogP contribution in [0.25, 0.3) is 0 Å². The number of amides is 1. The first-order valence-corrected chi connectivity index (χ1v) is 13.3. The van der Waals surface area contributed by atoms with Gasteiger partial charge in [-0.2, -0.15) is 0 Å². The Kier molecular flexibility index (Phi) is 8.02. The maximum absolute atomic E-state index is 13.0. The van der Waals surface area contributed by atoms with Crippen molar-refractivity contribution >= 4 is 17.4 Å². The third-order valence-electron chi connectivity index (χ3n) is 7.49. The number of benzene rings is 2. The van der Waals surface area contributed by atoms with Gasteiger partial charge in [0.05, 0.1) is 24.3 Å². The highest BCUT2D eigenvalue weighted by atomic mass is 16.5. The van der Waals surface area contributed by atoms with Crippen molar-refractivity contribution in [3.63, 3.8) is 0 Å². The fourth-order valence-electron chi connectivity index (χ4n) is 5.22. The Labute approximate surface area is 219 Å². The number of hydrogen-bond acceptors (Lipinski definition) is 6. The van der Waals surface area contributed by atoms with E-state index in [1.54, 1.807) is 6.07 Å². The molecule has 1 saturated carbocycles. The monoisotopic (exact) mass is 499 g/mol. The molecule has 3 N–H and O–H groups in total. The van der Waals surface area contributed by atoms with Crippen LogP contribution in [0.4, 0.5) is 11.5 Å². The van der Waals surface area contributed by atoms with E-state index < -0.39 is 0 Å². The summed E-state index contributed by atoms with van der Waals surface area (Å²) in [5.41, 5.74) is 11.1. The number of likely N-dealkylation sites (N-methyl/N-ethyl adjacent to an activating group) is 1. The summed E-state index contributed by atoms with van der Waals surface area (Å²) >= 11 is 0. The summed E-state index contributed by atoms with van der Waals surface area (Å²) in [6.07, 6.45) is 3.56. The number of piperazine rings is 1. The van der Waals surface area contributed by atoms with E-state index in [9.17, 15) is 4.79 Å². The predicted octanol–water partition coefficient (Wildman–Crippen LogP) is 3.87. The van der Waals surface area contributed by atoms with Crippen molar-refractivity contribution in [1.29, 1.82) is 0 Å². The largest absolute Gasteiger partial charge is 0.383 e. The first-order chi connectivity index (χ1) is 18.0. The zero-order valence-corrected chi connectivity index (χ0v) is 21.6. The van der Waals surface area contributed by atoms with Crippen LogP contribution >= 0.6 is 0 Å². The van der Waals surface area contributed by atoms with Gasteiger partial charge in [0.2, 0.25) is 0 Å². The maximum atomic E-state index is 13.0. The molecule has 2 heterocycles. The summed E-state index contributed by atoms with van der Waals surface area (Å²) in [5, 5.41) is 3.14. The van der Waals surface area contributed by atoms with Gasteiger partial charge >= 0.3 is 0 Å². The Morgan fingerprint density at radius 1 is 0.973 bits per heavy atom. The molecule has 2 atom stereocenters. The summed E-state index contributed by atoms with van der Waals surface area (Å²) in [5.74, 6) is 0.0806. The van der Waals surface area contributed by atoms with Crippen molar-refractivity contribution in [3.05, 3.63) is 89.1 Å². The second kappa shape index (κ2) is 11.8. The molecule has 0 radical (unpaired) electrons. The van der Waals surface area contributed by atoms with E-state index >= 15 is 0 Å². The van der Waals surface area contributed by atoms with Gasteiger partial charge in [-0.05, 0) is 61.7 Å². The summed E-state index contributed by atoms with van der Waals surface area (Å²) < 4.78 is 6.14. The molecule has 2 aliphatic rings. The highest BCUT2D eigenvalue weighted by Gasteiger charge is 2.30. The minimum absolute atomic E-state index is 0.00595. The van der Waals surface area contributed by atoms with Crippen molar-refractivity contribution < 1.29 is 9.53 Å². The van der Waals surface area contributed by atoms with Crippen LogP contribution in [0.15, 0.2) is 66.7 Å². The van der Waals surface area contributed by atoms with Crippen molar-refractivity contribution in [3.8, 4) is 0 Å². The summed E-state index contributed by atoms with van der Waals surface area (Å²) in [6, 6.07) is 22.5. The van der Waals surface area contributed by atoms with Crippen molar-refractivity contribution in [2.45, 2.75) is 44.4 Å². The molecule has 1 aliphatic carbocycles. The number of nitrogen functional groups attached to an aromatic ring is 1. The lowest BCUT2D eigenvalue weighted by atomic mass is 10.1. The van der Waals surface area contributed by atoms with Crippen LogP contribution in [0, 0.1) is 0 Å². The zero-order valence-electron chi connectivity index (χ0n) is 21.6. The second-order valence-electron chi connectivity index (χ2n) is 10.2. The average Bonchev–Trinajstić information content (AvgIpc) is 3.36. The first kappa shape index (κ1) is 25.2. The number of nitrogens with zero attached hydrogens (tertiary/aromatic N) is 3. The molecule has 5 rings (SSSR count). The second-order valence-corrected chi connectivity index (χ2v) is 10.2. The molecule has 3 aromatic rings. The Hall–Kier alpha value is -3.42. The van der Waals surface area contributed by atoms with Gasteiger partial charge in [0.1, 0.15) is 5.82 Å². The van der Waals surface area contributed by atoms with Crippen LogP contribution in [0.2, 0.25) is 0 Å². The van der Waals surface area contributed by atoms with Crippen molar-refractivity contribution in [1.82, 2.24) is 15.2 Å². The standard InChI is InChI=1S/C30H37N5O2/c1-34-16-18-35(19-17-34)25-13-10-22(11-14-25)20-24-12-15-26(29(31)32-24)30(36)33-27-8-5-9-28(27)37-21-23-6-3-2-4-7-23/h2-4,6-7,10-15,27-28H,5,8-9,16-21H2,1H3,(H2,31,32)(H,33,36)/t27-,28-/m0/s1. The number of pyridine rings is 1. The third kappa shape index (κ3) is 6.48. The maximum Gasteiger partial charge on any atom is 0.255 e. The van der Waals surface area contributed by atoms with E-state index in [1.165, 1.54) is 11.3 Å². The van der Waals surface area contributed by atoms with Gasteiger partial charge in [0, 0.05) is 44.0 Å².